The Morgan fingerprint density at radius 2 is 1.21 bits per heavy atom. The summed E-state index contributed by atoms with van der Waals surface area (Å²) in [6.45, 7) is 2.46. The smallest absolute Gasteiger partial charge is 0.303 e. The van der Waals surface area contributed by atoms with Crippen LogP contribution in [-0.4, -0.2) is 17.7 Å². The third-order valence-corrected chi connectivity index (χ3v) is 4.25. The van der Waals surface area contributed by atoms with Crippen molar-refractivity contribution in [2.45, 2.75) is 26.1 Å². The summed E-state index contributed by atoms with van der Waals surface area (Å²) in [5.74, 6) is -2.26. The topological polar surface area (TPSA) is 96.0 Å². The first-order chi connectivity index (χ1) is 14.0. The molecule has 7 heteroatoms. The molecule has 7 nitrogen and oxygen atoms in total. The number of rotatable bonds is 8. The van der Waals surface area contributed by atoms with Gasteiger partial charge in [-0.05, 0) is 24.3 Å². The standard InChI is InChI=1S/C22H20O7/c1-14(23)28-21(17-10-6-12-26-17)19(20(25)16-8-4-3-5-9-16)22(29-15(2)24)18-11-7-13-27-18/h3-13,19,21-22H,1-2H3/t19?,21-,22+. The van der Waals surface area contributed by atoms with Crippen LogP contribution in [0.25, 0.3) is 0 Å². The first-order valence-electron chi connectivity index (χ1n) is 8.98. The van der Waals surface area contributed by atoms with Gasteiger partial charge in [0.1, 0.15) is 17.4 Å². The van der Waals surface area contributed by atoms with Crippen LogP contribution in [0.3, 0.4) is 0 Å². The van der Waals surface area contributed by atoms with Gasteiger partial charge in [0.25, 0.3) is 0 Å². The van der Waals surface area contributed by atoms with E-state index in [9.17, 15) is 14.4 Å². The molecule has 1 aromatic carbocycles. The lowest BCUT2D eigenvalue weighted by atomic mass is 9.85. The Morgan fingerprint density at radius 3 is 1.59 bits per heavy atom. The summed E-state index contributed by atoms with van der Waals surface area (Å²) in [6, 6.07) is 14.9. The summed E-state index contributed by atoms with van der Waals surface area (Å²) in [6.07, 6.45) is 0.544. The molecule has 0 bridgehead atoms. The molecule has 29 heavy (non-hydrogen) atoms. The van der Waals surface area contributed by atoms with Gasteiger partial charge in [-0.2, -0.15) is 0 Å². The molecule has 0 amide bonds. The van der Waals surface area contributed by atoms with Gasteiger partial charge < -0.3 is 18.3 Å². The Hall–Kier alpha value is -3.61. The molecular weight excluding hydrogens is 376 g/mol. The molecule has 0 saturated carbocycles. The summed E-state index contributed by atoms with van der Waals surface area (Å²) in [5.41, 5.74) is 0.366. The Kier molecular flexibility index (Phi) is 6.29. The minimum atomic E-state index is -1.14. The molecule has 0 fully saturated rings. The lowest BCUT2D eigenvalue weighted by Crippen LogP contribution is -2.33. The number of esters is 2. The fourth-order valence-corrected chi connectivity index (χ4v) is 3.11. The van der Waals surface area contributed by atoms with Gasteiger partial charge in [0, 0.05) is 19.4 Å². The number of hydrogen-bond acceptors (Lipinski definition) is 7. The summed E-state index contributed by atoms with van der Waals surface area (Å²) in [4.78, 5) is 37.2. The van der Waals surface area contributed by atoms with Crippen LogP contribution >= 0.6 is 0 Å². The van der Waals surface area contributed by atoms with E-state index in [2.05, 4.69) is 0 Å². The maximum atomic E-state index is 13.5. The summed E-state index contributed by atoms with van der Waals surface area (Å²) >= 11 is 0. The van der Waals surface area contributed by atoms with E-state index < -0.39 is 35.8 Å². The second-order valence-corrected chi connectivity index (χ2v) is 6.35. The van der Waals surface area contributed by atoms with Crippen LogP contribution in [0.1, 0.15) is 47.9 Å². The van der Waals surface area contributed by atoms with Gasteiger partial charge in [0.05, 0.1) is 12.5 Å². The van der Waals surface area contributed by atoms with E-state index in [0.717, 1.165) is 0 Å². The SMILES string of the molecule is CC(=O)O[C@H](c1ccco1)C(C(=O)c1ccccc1)[C@@H](OC(C)=O)c1ccco1. The monoisotopic (exact) mass is 396 g/mol. The summed E-state index contributed by atoms with van der Waals surface area (Å²) in [5, 5.41) is 0. The van der Waals surface area contributed by atoms with Crippen molar-refractivity contribution in [3.05, 3.63) is 84.2 Å². The van der Waals surface area contributed by atoms with Crippen LogP contribution in [0, 0.1) is 5.92 Å². The van der Waals surface area contributed by atoms with Gasteiger partial charge >= 0.3 is 11.9 Å². The highest BCUT2D eigenvalue weighted by Crippen LogP contribution is 2.40. The maximum absolute atomic E-state index is 13.5. The molecule has 0 spiro atoms. The van der Waals surface area contributed by atoms with Gasteiger partial charge in [-0.3, -0.25) is 14.4 Å². The second kappa shape index (κ2) is 9.05. The Bertz CT molecular complexity index is 888. The van der Waals surface area contributed by atoms with Crippen molar-refractivity contribution < 1.29 is 32.7 Å². The van der Waals surface area contributed by atoms with E-state index >= 15 is 0 Å². The van der Waals surface area contributed by atoms with Crippen molar-refractivity contribution in [1.29, 1.82) is 0 Å². The van der Waals surface area contributed by atoms with Crippen LogP contribution < -0.4 is 0 Å². The molecule has 0 aliphatic heterocycles. The first kappa shape index (κ1) is 20.1. The average Bonchev–Trinajstić information content (AvgIpc) is 3.40. The average molecular weight is 396 g/mol. The summed E-state index contributed by atoms with van der Waals surface area (Å²) in [7, 11) is 0. The number of hydrogen-bond donors (Lipinski definition) is 0. The van der Waals surface area contributed by atoms with Gasteiger partial charge in [-0.1, -0.05) is 30.3 Å². The highest BCUT2D eigenvalue weighted by atomic mass is 16.6. The third kappa shape index (κ3) is 4.82. The van der Waals surface area contributed by atoms with E-state index in [1.807, 2.05) is 0 Å². The van der Waals surface area contributed by atoms with Crippen LogP contribution in [0.5, 0.6) is 0 Å². The molecule has 3 aromatic rings. The van der Waals surface area contributed by atoms with E-state index in [-0.39, 0.29) is 11.5 Å². The van der Waals surface area contributed by atoms with Crippen LogP contribution in [0.2, 0.25) is 0 Å². The van der Waals surface area contributed by atoms with Crippen molar-refractivity contribution in [2.75, 3.05) is 0 Å². The van der Waals surface area contributed by atoms with E-state index in [1.165, 1.54) is 26.4 Å². The molecule has 0 N–H and O–H groups in total. The largest absolute Gasteiger partial charge is 0.465 e. The number of ether oxygens (including phenoxy) is 2. The number of furan rings is 2. The van der Waals surface area contributed by atoms with Crippen LogP contribution in [-0.2, 0) is 19.1 Å². The Labute approximate surface area is 167 Å². The van der Waals surface area contributed by atoms with E-state index in [4.69, 9.17) is 18.3 Å². The normalized spacial score (nSPS) is 13.9. The Balaban J connectivity index is 2.14. The van der Waals surface area contributed by atoms with E-state index in [1.54, 1.807) is 54.6 Å². The van der Waals surface area contributed by atoms with Crippen molar-refractivity contribution in [3.63, 3.8) is 0 Å². The van der Waals surface area contributed by atoms with Crippen molar-refractivity contribution in [2.24, 2.45) is 5.92 Å². The maximum Gasteiger partial charge on any atom is 0.303 e. The molecular formula is C22H20O7. The highest BCUT2D eigenvalue weighted by molar-refractivity contribution is 5.99. The van der Waals surface area contributed by atoms with Crippen molar-refractivity contribution in [1.82, 2.24) is 0 Å². The van der Waals surface area contributed by atoms with Crippen LogP contribution in [0.4, 0.5) is 0 Å². The number of carbonyl (C=O) groups excluding carboxylic acids is 3. The second-order valence-electron chi connectivity index (χ2n) is 6.35. The minimum absolute atomic E-state index is 0.248. The van der Waals surface area contributed by atoms with Gasteiger partial charge in [0.2, 0.25) is 0 Å². The molecule has 150 valence electrons. The molecule has 2 aromatic heterocycles. The quantitative estimate of drug-likeness (QED) is 0.414. The first-order valence-corrected chi connectivity index (χ1v) is 8.98. The van der Waals surface area contributed by atoms with E-state index in [0.29, 0.717) is 5.56 Å². The molecule has 0 saturated heterocycles. The molecule has 0 radical (unpaired) electrons. The molecule has 0 aliphatic carbocycles. The predicted octanol–water partition coefficient (Wildman–Crippen LogP) is 4.28. The lowest BCUT2D eigenvalue weighted by Gasteiger charge is -2.29. The van der Waals surface area contributed by atoms with Crippen molar-refractivity contribution >= 4 is 17.7 Å². The van der Waals surface area contributed by atoms with Crippen molar-refractivity contribution in [3.8, 4) is 0 Å². The molecule has 0 aliphatic rings. The number of carbonyl (C=O) groups is 3. The minimum Gasteiger partial charge on any atom is -0.465 e. The highest BCUT2D eigenvalue weighted by Gasteiger charge is 2.44. The molecule has 3 rings (SSSR count). The Morgan fingerprint density at radius 1 is 0.724 bits per heavy atom. The molecule has 1 unspecified atom stereocenters. The van der Waals surface area contributed by atoms with Crippen LogP contribution in [0.15, 0.2) is 76.0 Å². The van der Waals surface area contributed by atoms with Gasteiger partial charge in [-0.15, -0.1) is 0 Å². The molecule has 3 atom stereocenters. The number of ketones is 1. The van der Waals surface area contributed by atoms with Gasteiger partial charge in [0.15, 0.2) is 18.0 Å². The third-order valence-electron chi connectivity index (χ3n) is 4.25. The fraction of sp³-hybridized carbons (Fsp3) is 0.227. The van der Waals surface area contributed by atoms with Gasteiger partial charge in [-0.25, -0.2) is 0 Å². The predicted molar refractivity (Wildman–Crippen MR) is 101 cm³/mol. The molecule has 2 heterocycles. The lowest BCUT2D eigenvalue weighted by molar-refractivity contribution is -0.159. The zero-order valence-electron chi connectivity index (χ0n) is 15.9. The zero-order valence-corrected chi connectivity index (χ0v) is 15.9. The summed E-state index contributed by atoms with van der Waals surface area (Å²) < 4.78 is 21.8. The number of Topliss-reactive ketones (excluding diaryl/α,β-unsaturated/α-hetero) is 1. The fourth-order valence-electron chi connectivity index (χ4n) is 3.11. The zero-order chi connectivity index (χ0) is 20.8. The number of benzene rings is 1.